The Morgan fingerprint density at radius 3 is 2.55 bits per heavy atom. The van der Waals surface area contributed by atoms with Crippen LogP contribution in [0.5, 0.6) is 0 Å². The molecular weight excluding hydrogens is 138 g/mol. The Hall–Kier alpha value is -0.0800. The Morgan fingerprint density at radius 2 is 2.00 bits per heavy atom. The lowest BCUT2D eigenvalue weighted by Gasteiger charge is -2.25. The fourth-order valence-corrected chi connectivity index (χ4v) is 1.72. The van der Waals surface area contributed by atoms with E-state index in [9.17, 15) is 0 Å². The highest BCUT2D eigenvalue weighted by Gasteiger charge is 2.14. The third kappa shape index (κ3) is 3.21. The van der Waals surface area contributed by atoms with Crippen molar-refractivity contribution in [3.63, 3.8) is 0 Å². The maximum absolute atomic E-state index is 8.80. The molecule has 1 rings (SSSR count). The first-order valence-electron chi connectivity index (χ1n) is 4.70. The van der Waals surface area contributed by atoms with Gasteiger partial charge in [0.2, 0.25) is 0 Å². The SMILES string of the molecule is CC(CO)NC1CCCCC1. The van der Waals surface area contributed by atoms with Gasteiger partial charge in [-0.05, 0) is 19.8 Å². The Labute approximate surface area is 69.0 Å². The molecular formula is C9H19NO. The molecule has 0 bridgehead atoms. The molecule has 1 atom stereocenters. The molecule has 2 N–H and O–H groups in total. The van der Waals surface area contributed by atoms with Crippen molar-refractivity contribution in [1.82, 2.24) is 5.32 Å². The second kappa shape index (κ2) is 4.73. The lowest BCUT2D eigenvalue weighted by Crippen LogP contribution is -2.39. The summed E-state index contributed by atoms with van der Waals surface area (Å²) < 4.78 is 0. The zero-order valence-corrected chi connectivity index (χ0v) is 7.34. The largest absolute Gasteiger partial charge is 0.395 e. The molecule has 0 saturated heterocycles. The normalized spacial score (nSPS) is 23.5. The van der Waals surface area contributed by atoms with Gasteiger partial charge in [-0.3, -0.25) is 0 Å². The quantitative estimate of drug-likeness (QED) is 0.647. The van der Waals surface area contributed by atoms with Crippen molar-refractivity contribution in [3.05, 3.63) is 0 Å². The van der Waals surface area contributed by atoms with Crippen LogP contribution in [0.25, 0.3) is 0 Å². The van der Waals surface area contributed by atoms with Crippen LogP contribution in [0.3, 0.4) is 0 Å². The van der Waals surface area contributed by atoms with Crippen molar-refractivity contribution in [1.29, 1.82) is 0 Å². The van der Waals surface area contributed by atoms with Gasteiger partial charge >= 0.3 is 0 Å². The number of nitrogens with one attached hydrogen (secondary N) is 1. The molecule has 2 nitrogen and oxygen atoms in total. The predicted octanol–water partition coefficient (Wildman–Crippen LogP) is 1.29. The van der Waals surface area contributed by atoms with Crippen LogP contribution in [-0.4, -0.2) is 23.8 Å². The summed E-state index contributed by atoms with van der Waals surface area (Å²) in [5.74, 6) is 0. The number of hydrogen-bond acceptors (Lipinski definition) is 2. The van der Waals surface area contributed by atoms with E-state index in [1.54, 1.807) is 0 Å². The van der Waals surface area contributed by atoms with Gasteiger partial charge in [-0.15, -0.1) is 0 Å². The Bertz CT molecular complexity index is 99.7. The molecule has 0 aliphatic heterocycles. The van der Waals surface area contributed by atoms with Crippen molar-refractivity contribution in [2.45, 2.75) is 51.1 Å². The van der Waals surface area contributed by atoms with E-state index in [0.717, 1.165) is 0 Å². The van der Waals surface area contributed by atoms with Crippen LogP contribution in [0.15, 0.2) is 0 Å². The van der Waals surface area contributed by atoms with E-state index in [4.69, 9.17) is 5.11 Å². The molecule has 1 saturated carbocycles. The van der Waals surface area contributed by atoms with Gasteiger partial charge in [0.25, 0.3) is 0 Å². The molecule has 0 radical (unpaired) electrons. The maximum atomic E-state index is 8.80. The molecule has 1 aliphatic carbocycles. The molecule has 0 spiro atoms. The third-order valence-corrected chi connectivity index (χ3v) is 2.40. The fourth-order valence-electron chi connectivity index (χ4n) is 1.72. The highest BCUT2D eigenvalue weighted by molar-refractivity contribution is 4.74. The topological polar surface area (TPSA) is 32.3 Å². The van der Waals surface area contributed by atoms with Crippen LogP contribution in [0.2, 0.25) is 0 Å². The molecule has 0 heterocycles. The zero-order chi connectivity index (χ0) is 8.10. The highest BCUT2D eigenvalue weighted by atomic mass is 16.3. The summed E-state index contributed by atoms with van der Waals surface area (Å²) in [5.41, 5.74) is 0. The molecule has 11 heavy (non-hydrogen) atoms. The first-order valence-corrected chi connectivity index (χ1v) is 4.70. The Morgan fingerprint density at radius 1 is 1.36 bits per heavy atom. The predicted molar refractivity (Wildman–Crippen MR) is 46.6 cm³/mol. The fraction of sp³-hybridized carbons (Fsp3) is 1.00. The molecule has 1 unspecified atom stereocenters. The van der Waals surface area contributed by atoms with Gasteiger partial charge in [0.15, 0.2) is 0 Å². The summed E-state index contributed by atoms with van der Waals surface area (Å²) in [6.45, 7) is 2.30. The van der Waals surface area contributed by atoms with Crippen molar-refractivity contribution in [2.75, 3.05) is 6.61 Å². The smallest absolute Gasteiger partial charge is 0.0582 e. The number of aliphatic hydroxyl groups is 1. The van der Waals surface area contributed by atoms with Gasteiger partial charge < -0.3 is 10.4 Å². The van der Waals surface area contributed by atoms with Crippen LogP contribution in [0.1, 0.15) is 39.0 Å². The first-order chi connectivity index (χ1) is 5.33. The van der Waals surface area contributed by atoms with Crippen molar-refractivity contribution in [3.8, 4) is 0 Å². The summed E-state index contributed by atoms with van der Waals surface area (Å²) in [5, 5.41) is 12.2. The lowest BCUT2D eigenvalue weighted by atomic mass is 9.95. The molecule has 0 aromatic carbocycles. The average molecular weight is 157 g/mol. The van der Waals surface area contributed by atoms with Crippen LogP contribution < -0.4 is 5.32 Å². The monoisotopic (exact) mass is 157 g/mol. The van der Waals surface area contributed by atoms with E-state index in [2.05, 4.69) is 5.32 Å². The third-order valence-electron chi connectivity index (χ3n) is 2.40. The van der Waals surface area contributed by atoms with Gasteiger partial charge in [0, 0.05) is 12.1 Å². The molecule has 1 fully saturated rings. The van der Waals surface area contributed by atoms with Crippen molar-refractivity contribution < 1.29 is 5.11 Å². The maximum Gasteiger partial charge on any atom is 0.0582 e. The summed E-state index contributed by atoms with van der Waals surface area (Å²) in [6, 6.07) is 0.948. The second-order valence-electron chi connectivity index (χ2n) is 3.59. The van der Waals surface area contributed by atoms with E-state index in [1.165, 1.54) is 32.1 Å². The van der Waals surface area contributed by atoms with E-state index in [-0.39, 0.29) is 12.6 Å². The van der Waals surface area contributed by atoms with Gasteiger partial charge in [-0.25, -0.2) is 0 Å². The van der Waals surface area contributed by atoms with Crippen molar-refractivity contribution >= 4 is 0 Å². The highest BCUT2D eigenvalue weighted by Crippen LogP contribution is 2.17. The van der Waals surface area contributed by atoms with E-state index < -0.39 is 0 Å². The van der Waals surface area contributed by atoms with Gasteiger partial charge in [-0.2, -0.15) is 0 Å². The molecule has 1 aliphatic rings. The zero-order valence-electron chi connectivity index (χ0n) is 7.34. The number of aliphatic hydroxyl groups excluding tert-OH is 1. The second-order valence-corrected chi connectivity index (χ2v) is 3.59. The summed E-state index contributed by atoms with van der Waals surface area (Å²) in [4.78, 5) is 0. The molecule has 0 amide bonds. The average Bonchev–Trinajstić information content (AvgIpc) is 2.06. The molecule has 66 valence electrons. The number of hydrogen-bond donors (Lipinski definition) is 2. The summed E-state index contributed by atoms with van der Waals surface area (Å²) in [6.07, 6.45) is 6.70. The van der Waals surface area contributed by atoms with Crippen LogP contribution in [-0.2, 0) is 0 Å². The van der Waals surface area contributed by atoms with E-state index in [0.29, 0.717) is 6.04 Å². The minimum absolute atomic E-state index is 0.260. The van der Waals surface area contributed by atoms with E-state index in [1.807, 2.05) is 6.92 Å². The van der Waals surface area contributed by atoms with E-state index >= 15 is 0 Å². The van der Waals surface area contributed by atoms with Crippen LogP contribution >= 0.6 is 0 Å². The van der Waals surface area contributed by atoms with Gasteiger partial charge in [0.05, 0.1) is 6.61 Å². The Balaban J connectivity index is 2.13. The summed E-state index contributed by atoms with van der Waals surface area (Å²) >= 11 is 0. The first kappa shape index (κ1) is 9.01. The van der Waals surface area contributed by atoms with Gasteiger partial charge in [0.1, 0.15) is 0 Å². The molecule has 2 heteroatoms. The number of rotatable bonds is 3. The summed E-state index contributed by atoms with van der Waals surface area (Å²) in [7, 11) is 0. The van der Waals surface area contributed by atoms with Crippen LogP contribution in [0.4, 0.5) is 0 Å². The van der Waals surface area contributed by atoms with Crippen LogP contribution in [0, 0.1) is 0 Å². The minimum Gasteiger partial charge on any atom is -0.395 e. The van der Waals surface area contributed by atoms with Crippen molar-refractivity contribution in [2.24, 2.45) is 0 Å². The van der Waals surface area contributed by atoms with Gasteiger partial charge in [-0.1, -0.05) is 19.3 Å². The Kier molecular flexibility index (Phi) is 3.87. The molecule has 0 aromatic heterocycles. The molecule has 0 aromatic rings. The lowest BCUT2D eigenvalue weighted by molar-refractivity contribution is 0.228. The standard InChI is InChI=1S/C9H19NO/c1-8(7-11)10-9-5-3-2-4-6-9/h8-11H,2-7H2,1H3. The minimum atomic E-state index is 0.260.